The average molecular weight is 227 g/mol. The van der Waals surface area contributed by atoms with Gasteiger partial charge in [-0.05, 0) is 31.9 Å². The molecular weight excluding hydrogens is 208 g/mol. The molecular formula is C12H19ClN2. The van der Waals surface area contributed by atoms with Crippen LogP contribution in [0.5, 0.6) is 0 Å². The number of hydrogen-bond acceptors (Lipinski definition) is 2. The highest BCUT2D eigenvalue weighted by atomic mass is 35.5. The number of aromatic nitrogens is 1. The monoisotopic (exact) mass is 226 g/mol. The molecule has 0 aliphatic heterocycles. The first-order valence-electron chi connectivity index (χ1n) is 5.45. The van der Waals surface area contributed by atoms with Crippen molar-refractivity contribution < 1.29 is 0 Å². The van der Waals surface area contributed by atoms with Crippen molar-refractivity contribution >= 4 is 11.6 Å². The Bertz CT molecular complexity index is 299. The van der Waals surface area contributed by atoms with E-state index in [1.807, 2.05) is 12.1 Å². The predicted octanol–water partition coefficient (Wildman–Crippen LogP) is 3.43. The number of nitrogens with zero attached hydrogens (tertiary/aromatic N) is 1. The minimum absolute atomic E-state index is 0.268. The van der Waals surface area contributed by atoms with Crippen LogP contribution in [0.15, 0.2) is 18.3 Å². The summed E-state index contributed by atoms with van der Waals surface area (Å²) in [5, 5.41) is 4.05. The summed E-state index contributed by atoms with van der Waals surface area (Å²) < 4.78 is 0. The van der Waals surface area contributed by atoms with Gasteiger partial charge in [0.1, 0.15) is 5.15 Å². The van der Waals surface area contributed by atoms with Crippen LogP contribution in [-0.2, 0) is 0 Å². The summed E-state index contributed by atoms with van der Waals surface area (Å²) in [7, 11) is 0. The third-order valence-electron chi connectivity index (χ3n) is 2.43. The largest absolute Gasteiger partial charge is 0.310 e. The van der Waals surface area contributed by atoms with E-state index in [0.29, 0.717) is 5.15 Å². The summed E-state index contributed by atoms with van der Waals surface area (Å²) in [5.41, 5.74) is 1.07. The molecule has 1 N–H and O–H groups in total. The molecule has 0 aliphatic carbocycles. The summed E-state index contributed by atoms with van der Waals surface area (Å²) in [5.74, 6) is 0.731. The zero-order valence-corrected chi connectivity index (χ0v) is 10.4. The van der Waals surface area contributed by atoms with E-state index in [1.54, 1.807) is 6.20 Å². The summed E-state index contributed by atoms with van der Waals surface area (Å²) in [6.45, 7) is 7.58. The minimum atomic E-state index is 0.268. The number of nitrogens with one attached hydrogen (secondary N) is 1. The van der Waals surface area contributed by atoms with Crippen molar-refractivity contribution in [2.24, 2.45) is 5.92 Å². The Kier molecular flexibility index (Phi) is 5.06. The quantitative estimate of drug-likeness (QED) is 0.779. The lowest BCUT2D eigenvalue weighted by atomic mass is 10.1. The fourth-order valence-corrected chi connectivity index (χ4v) is 1.70. The molecule has 1 heterocycles. The molecule has 1 aromatic heterocycles. The van der Waals surface area contributed by atoms with Gasteiger partial charge in [0.05, 0.1) is 0 Å². The normalized spacial score (nSPS) is 13.1. The molecule has 84 valence electrons. The summed E-state index contributed by atoms with van der Waals surface area (Å²) in [6, 6.07) is 4.20. The van der Waals surface area contributed by atoms with Crippen LogP contribution in [0.4, 0.5) is 0 Å². The summed E-state index contributed by atoms with van der Waals surface area (Å²) >= 11 is 6.01. The molecule has 0 fully saturated rings. The third kappa shape index (κ3) is 4.18. The van der Waals surface area contributed by atoms with Gasteiger partial charge in [-0.15, -0.1) is 0 Å². The topological polar surface area (TPSA) is 24.9 Å². The Hall–Kier alpha value is -0.600. The molecule has 0 radical (unpaired) electrons. The molecule has 0 bridgehead atoms. The van der Waals surface area contributed by atoms with Crippen molar-refractivity contribution in [3.8, 4) is 0 Å². The number of halogens is 1. The van der Waals surface area contributed by atoms with Gasteiger partial charge in [-0.2, -0.15) is 0 Å². The SMILES string of the molecule is CC(C)CCNC(C)c1cccnc1Cl. The average Bonchev–Trinajstić information content (AvgIpc) is 2.17. The van der Waals surface area contributed by atoms with E-state index in [-0.39, 0.29) is 6.04 Å². The van der Waals surface area contributed by atoms with E-state index >= 15 is 0 Å². The van der Waals surface area contributed by atoms with Crippen LogP contribution < -0.4 is 5.32 Å². The molecule has 1 rings (SSSR count). The van der Waals surface area contributed by atoms with Gasteiger partial charge in [0.2, 0.25) is 0 Å². The molecule has 1 atom stereocenters. The van der Waals surface area contributed by atoms with Gasteiger partial charge in [0, 0.05) is 17.8 Å². The molecule has 15 heavy (non-hydrogen) atoms. The van der Waals surface area contributed by atoms with Gasteiger partial charge >= 0.3 is 0 Å². The van der Waals surface area contributed by atoms with Crippen LogP contribution in [0, 0.1) is 5.92 Å². The third-order valence-corrected chi connectivity index (χ3v) is 2.74. The van der Waals surface area contributed by atoms with E-state index < -0.39 is 0 Å². The van der Waals surface area contributed by atoms with E-state index in [9.17, 15) is 0 Å². The standard InChI is InChI=1S/C12H19ClN2/c1-9(2)6-8-14-10(3)11-5-4-7-15-12(11)13/h4-5,7,9-10,14H,6,8H2,1-3H3. The van der Waals surface area contributed by atoms with Gasteiger partial charge in [-0.1, -0.05) is 31.5 Å². The van der Waals surface area contributed by atoms with Crippen molar-refractivity contribution in [3.05, 3.63) is 29.0 Å². The van der Waals surface area contributed by atoms with Crippen LogP contribution in [-0.4, -0.2) is 11.5 Å². The smallest absolute Gasteiger partial charge is 0.133 e. The lowest BCUT2D eigenvalue weighted by Crippen LogP contribution is -2.21. The second kappa shape index (κ2) is 6.09. The molecule has 0 amide bonds. The second-order valence-corrected chi connectivity index (χ2v) is 4.60. The van der Waals surface area contributed by atoms with E-state index in [2.05, 4.69) is 31.1 Å². The minimum Gasteiger partial charge on any atom is -0.310 e. The van der Waals surface area contributed by atoms with E-state index in [1.165, 1.54) is 6.42 Å². The lowest BCUT2D eigenvalue weighted by molar-refractivity contribution is 0.496. The zero-order valence-electron chi connectivity index (χ0n) is 9.63. The van der Waals surface area contributed by atoms with Gasteiger partial charge in [0.15, 0.2) is 0 Å². The molecule has 3 heteroatoms. The Morgan fingerprint density at radius 1 is 1.40 bits per heavy atom. The Morgan fingerprint density at radius 2 is 2.13 bits per heavy atom. The van der Waals surface area contributed by atoms with Crippen LogP contribution in [0.1, 0.15) is 38.8 Å². The highest BCUT2D eigenvalue weighted by Crippen LogP contribution is 2.19. The fourth-order valence-electron chi connectivity index (χ4n) is 1.42. The molecule has 0 aromatic carbocycles. The first kappa shape index (κ1) is 12.5. The Balaban J connectivity index is 2.47. The summed E-state index contributed by atoms with van der Waals surface area (Å²) in [4.78, 5) is 4.07. The van der Waals surface area contributed by atoms with Gasteiger partial charge < -0.3 is 5.32 Å². The first-order chi connectivity index (χ1) is 7.11. The van der Waals surface area contributed by atoms with Crippen LogP contribution >= 0.6 is 11.6 Å². The zero-order chi connectivity index (χ0) is 11.3. The molecule has 0 spiro atoms. The van der Waals surface area contributed by atoms with Crippen molar-refractivity contribution in [3.63, 3.8) is 0 Å². The maximum Gasteiger partial charge on any atom is 0.133 e. The maximum absolute atomic E-state index is 6.01. The molecule has 0 saturated heterocycles. The fraction of sp³-hybridized carbons (Fsp3) is 0.583. The molecule has 1 unspecified atom stereocenters. The van der Waals surface area contributed by atoms with Crippen molar-refractivity contribution in [2.75, 3.05) is 6.54 Å². The number of hydrogen-bond donors (Lipinski definition) is 1. The Labute approximate surface area is 97.1 Å². The summed E-state index contributed by atoms with van der Waals surface area (Å²) in [6.07, 6.45) is 2.90. The van der Waals surface area contributed by atoms with E-state index in [4.69, 9.17) is 11.6 Å². The van der Waals surface area contributed by atoms with E-state index in [0.717, 1.165) is 18.0 Å². The van der Waals surface area contributed by atoms with Gasteiger partial charge in [-0.25, -0.2) is 4.98 Å². The Morgan fingerprint density at radius 3 is 2.73 bits per heavy atom. The first-order valence-corrected chi connectivity index (χ1v) is 5.83. The number of rotatable bonds is 5. The van der Waals surface area contributed by atoms with Crippen LogP contribution in [0.25, 0.3) is 0 Å². The highest BCUT2D eigenvalue weighted by molar-refractivity contribution is 6.30. The molecule has 0 aliphatic rings. The van der Waals surface area contributed by atoms with Crippen molar-refractivity contribution in [1.29, 1.82) is 0 Å². The van der Waals surface area contributed by atoms with Crippen molar-refractivity contribution in [1.82, 2.24) is 10.3 Å². The molecule has 2 nitrogen and oxygen atoms in total. The second-order valence-electron chi connectivity index (χ2n) is 4.24. The maximum atomic E-state index is 6.01. The van der Waals surface area contributed by atoms with Crippen LogP contribution in [0.2, 0.25) is 5.15 Å². The molecule has 1 aromatic rings. The van der Waals surface area contributed by atoms with Gasteiger partial charge in [-0.3, -0.25) is 0 Å². The highest BCUT2D eigenvalue weighted by Gasteiger charge is 2.08. The lowest BCUT2D eigenvalue weighted by Gasteiger charge is -2.15. The van der Waals surface area contributed by atoms with Crippen molar-refractivity contribution in [2.45, 2.75) is 33.2 Å². The van der Waals surface area contributed by atoms with Crippen LogP contribution in [0.3, 0.4) is 0 Å². The predicted molar refractivity (Wildman–Crippen MR) is 65.1 cm³/mol. The number of pyridine rings is 1. The molecule has 0 saturated carbocycles. The van der Waals surface area contributed by atoms with Gasteiger partial charge in [0.25, 0.3) is 0 Å².